The summed E-state index contributed by atoms with van der Waals surface area (Å²) < 4.78 is 26.5. The van der Waals surface area contributed by atoms with E-state index in [1.54, 1.807) is 0 Å². The van der Waals surface area contributed by atoms with Crippen molar-refractivity contribution in [3.63, 3.8) is 0 Å². The van der Waals surface area contributed by atoms with Crippen molar-refractivity contribution in [3.05, 3.63) is 69.7 Å². The highest BCUT2D eigenvalue weighted by atomic mass is 79.9. The van der Waals surface area contributed by atoms with Crippen molar-refractivity contribution in [2.24, 2.45) is 0 Å². The van der Waals surface area contributed by atoms with E-state index < -0.39 is 11.6 Å². The molecule has 0 aliphatic heterocycles. The molecule has 0 saturated heterocycles. The summed E-state index contributed by atoms with van der Waals surface area (Å²) in [5.74, 6) is -1.10. The summed E-state index contributed by atoms with van der Waals surface area (Å²) in [6, 6.07) is 9.34. The Morgan fingerprint density at radius 3 is 2.63 bits per heavy atom. The third kappa shape index (κ3) is 3.34. The molecule has 0 fully saturated rings. The Labute approximate surface area is 124 Å². The Morgan fingerprint density at radius 1 is 1.21 bits per heavy atom. The maximum Gasteiger partial charge on any atom is 0.129 e. The smallest absolute Gasteiger partial charge is 0.129 e. The largest absolute Gasteiger partial charge is 0.207 e. The minimum atomic E-state index is -0.569. The molecule has 100 valence electrons. The number of aryl methyl sites for hydroxylation is 1. The number of hydrogen-bond acceptors (Lipinski definition) is 0. The van der Waals surface area contributed by atoms with E-state index >= 15 is 0 Å². The second-order valence-electron chi connectivity index (χ2n) is 4.39. The van der Waals surface area contributed by atoms with Gasteiger partial charge in [0, 0.05) is 15.9 Å². The maximum absolute atomic E-state index is 13.6. The highest BCUT2D eigenvalue weighted by Crippen LogP contribution is 2.34. The molecule has 0 amide bonds. The van der Waals surface area contributed by atoms with E-state index in [2.05, 4.69) is 15.9 Å². The van der Waals surface area contributed by atoms with Crippen LogP contribution in [0.2, 0.25) is 5.02 Å². The average molecular weight is 346 g/mol. The molecule has 0 aromatic heterocycles. The highest BCUT2D eigenvalue weighted by molar-refractivity contribution is 9.09. The van der Waals surface area contributed by atoms with E-state index in [0.717, 1.165) is 17.2 Å². The van der Waals surface area contributed by atoms with Crippen LogP contribution in [0.4, 0.5) is 8.78 Å². The van der Waals surface area contributed by atoms with Crippen LogP contribution in [0.25, 0.3) is 0 Å². The minimum Gasteiger partial charge on any atom is -0.207 e. The molecule has 0 heterocycles. The first-order valence-electron chi connectivity index (χ1n) is 5.82. The molecule has 1 atom stereocenters. The number of benzene rings is 2. The fourth-order valence-electron chi connectivity index (χ4n) is 1.90. The Hall–Kier alpha value is -0.930. The van der Waals surface area contributed by atoms with Crippen LogP contribution in [0.1, 0.15) is 21.5 Å². The summed E-state index contributed by atoms with van der Waals surface area (Å²) in [5.41, 5.74) is 2.34. The zero-order chi connectivity index (χ0) is 14.0. The van der Waals surface area contributed by atoms with Crippen molar-refractivity contribution in [2.75, 3.05) is 0 Å². The molecule has 0 spiro atoms. The summed E-state index contributed by atoms with van der Waals surface area (Å²) in [4.78, 5) is -0.111. The topological polar surface area (TPSA) is 0 Å². The monoisotopic (exact) mass is 344 g/mol. The molecule has 2 aromatic carbocycles. The predicted octanol–water partition coefficient (Wildman–Crippen LogP) is 5.61. The molecule has 2 aromatic rings. The Kier molecular flexibility index (Phi) is 4.58. The molecule has 0 radical (unpaired) electrons. The molecular formula is C15H12BrClF2. The van der Waals surface area contributed by atoms with E-state index in [-0.39, 0.29) is 4.83 Å². The molecule has 0 bridgehead atoms. The van der Waals surface area contributed by atoms with Gasteiger partial charge in [0.1, 0.15) is 11.6 Å². The molecule has 0 nitrogen and oxygen atoms in total. The Morgan fingerprint density at radius 2 is 1.95 bits per heavy atom. The van der Waals surface area contributed by atoms with Crippen molar-refractivity contribution >= 4 is 27.5 Å². The van der Waals surface area contributed by atoms with Crippen molar-refractivity contribution < 1.29 is 8.78 Å². The van der Waals surface area contributed by atoms with Crippen molar-refractivity contribution in [2.45, 2.75) is 18.2 Å². The molecular weight excluding hydrogens is 334 g/mol. The van der Waals surface area contributed by atoms with Crippen molar-refractivity contribution in [3.8, 4) is 0 Å². The number of rotatable bonds is 3. The van der Waals surface area contributed by atoms with E-state index in [1.165, 1.54) is 12.1 Å². The summed E-state index contributed by atoms with van der Waals surface area (Å²) in [6.07, 6.45) is 0.412. The van der Waals surface area contributed by atoms with Gasteiger partial charge in [0.2, 0.25) is 0 Å². The van der Waals surface area contributed by atoms with Gasteiger partial charge >= 0.3 is 0 Å². The molecule has 19 heavy (non-hydrogen) atoms. The second-order valence-corrected chi connectivity index (χ2v) is 5.87. The fourth-order valence-corrected chi connectivity index (χ4v) is 3.02. The van der Waals surface area contributed by atoms with Crippen LogP contribution in [0.15, 0.2) is 36.4 Å². The SMILES string of the molecule is Cc1cccc(C(Br)Cc2ccc(F)cc2F)c1Cl. The van der Waals surface area contributed by atoms with Gasteiger partial charge < -0.3 is 0 Å². The Bertz CT molecular complexity index is 599. The zero-order valence-electron chi connectivity index (χ0n) is 10.3. The van der Waals surface area contributed by atoms with Gasteiger partial charge in [-0.3, -0.25) is 0 Å². The minimum absolute atomic E-state index is 0.111. The molecule has 0 aliphatic carbocycles. The van der Waals surface area contributed by atoms with Crippen molar-refractivity contribution in [1.82, 2.24) is 0 Å². The lowest BCUT2D eigenvalue weighted by atomic mass is 10.0. The molecule has 0 N–H and O–H groups in total. The van der Waals surface area contributed by atoms with Gasteiger partial charge in [-0.05, 0) is 36.1 Å². The lowest BCUT2D eigenvalue weighted by molar-refractivity contribution is 0.571. The lowest BCUT2D eigenvalue weighted by Gasteiger charge is -2.14. The number of alkyl halides is 1. The van der Waals surface area contributed by atoms with Gasteiger partial charge in [0.05, 0.1) is 0 Å². The quantitative estimate of drug-likeness (QED) is 0.635. The van der Waals surface area contributed by atoms with E-state index in [1.807, 2.05) is 25.1 Å². The van der Waals surface area contributed by atoms with Gasteiger partial charge in [0.15, 0.2) is 0 Å². The van der Waals surface area contributed by atoms with Gasteiger partial charge in [-0.1, -0.05) is 51.8 Å². The third-order valence-corrected chi connectivity index (χ3v) is 4.31. The average Bonchev–Trinajstić information content (AvgIpc) is 2.36. The van der Waals surface area contributed by atoms with Gasteiger partial charge in [-0.25, -0.2) is 8.78 Å². The van der Waals surface area contributed by atoms with E-state index in [0.29, 0.717) is 17.0 Å². The van der Waals surface area contributed by atoms with Gasteiger partial charge in [-0.2, -0.15) is 0 Å². The summed E-state index contributed by atoms with van der Waals surface area (Å²) in [6.45, 7) is 1.92. The van der Waals surface area contributed by atoms with Gasteiger partial charge in [0.25, 0.3) is 0 Å². The number of halogens is 4. The van der Waals surface area contributed by atoms with Crippen LogP contribution in [0.5, 0.6) is 0 Å². The summed E-state index contributed by atoms with van der Waals surface area (Å²) >= 11 is 9.75. The molecule has 1 unspecified atom stereocenters. The fraction of sp³-hybridized carbons (Fsp3) is 0.200. The lowest BCUT2D eigenvalue weighted by Crippen LogP contribution is -2.00. The summed E-state index contributed by atoms with van der Waals surface area (Å²) in [7, 11) is 0. The zero-order valence-corrected chi connectivity index (χ0v) is 12.6. The molecule has 0 aliphatic rings. The van der Waals surface area contributed by atoms with Crippen LogP contribution in [-0.2, 0) is 6.42 Å². The third-order valence-electron chi connectivity index (χ3n) is 2.97. The predicted molar refractivity (Wildman–Crippen MR) is 77.9 cm³/mol. The second kappa shape index (κ2) is 6.02. The van der Waals surface area contributed by atoms with Gasteiger partial charge in [-0.15, -0.1) is 0 Å². The van der Waals surface area contributed by atoms with Crippen LogP contribution < -0.4 is 0 Å². The normalized spacial score (nSPS) is 12.5. The van der Waals surface area contributed by atoms with Crippen molar-refractivity contribution in [1.29, 1.82) is 0 Å². The van der Waals surface area contributed by atoms with E-state index in [4.69, 9.17) is 11.6 Å². The van der Waals surface area contributed by atoms with Crippen LogP contribution in [0.3, 0.4) is 0 Å². The van der Waals surface area contributed by atoms with Crippen LogP contribution in [0, 0.1) is 18.6 Å². The van der Waals surface area contributed by atoms with Crippen LogP contribution in [-0.4, -0.2) is 0 Å². The highest BCUT2D eigenvalue weighted by Gasteiger charge is 2.15. The van der Waals surface area contributed by atoms with E-state index in [9.17, 15) is 8.78 Å². The first-order chi connectivity index (χ1) is 8.99. The number of hydrogen-bond donors (Lipinski definition) is 0. The first-order valence-corrected chi connectivity index (χ1v) is 7.11. The molecule has 2 rings (SSSR count). The molecule has 4 heteroatoms. The maximum atomic E-state index is 13.6. The standard InChI is InChI=1S/C15H12BrClF2/c1-9-3-2-4-12(15(9)17)13(16)7-10-5-6-11(18)8-14(10)19/h2-6,8,13H,7H2,1H3. The first kappa shape index (κ1) is 14.5. The molecule has 0 saturated carbocycles. The Balaban J connectivity index is 2.25. The summed E-state index contributed by atoms with van der Waals surface area (Å²) in [5, 5.41) is 0.673. The van der Waals surface area contributed by atoms with Crippen LogP contribution >= 0.6 is 27.5 Å².